The second-order valence-electron chi connectivity index (χ2n) is 4.40. The average Bonchev–Trinajstić information content (AvgIpc) is 2.84. The van der Waals surface area contributed by atoms with Crippen molar-refractivity contribution in [2.75, 3.05) is 12.3 Å². The molecule has 0 unspecified atom stereocenters. The van der Waals surface area contributed by atoms with Crippen molar-refractivity contribution in [2.45, 2.75) is 24.6 Å². The molecule has 0 aliphatic rings. The number of benzene rings is 1. The molecule has 106 valence electrons. The fourth-order valence-corrected chi connectivity index (χ4v) is 3.39. The zero-order valence-electron chi connectivity index (χ0n) is 11.5. The highest BCUT2D eigenvalue weighted by atomic mass is 32.2. The van der Waals surface area contributed by atoms with Crippen LogP contribution in [-0.2, 0) is 11.2 Å². The maximum absolute atomic E-state index is 11.7. The molecule has 1 amide bonds. The van der Waals surface area contributed by atoms with Crippen LogP contribution < -0.4 is 5.32 Å². The Kier molecular flexibility index (Phi) is 5.55. The van der Waals surface area contributed by atoms with E-state index in [9.17, 15) is 4.79 Å². The monoisotopic (exact) mass is 307 g/mol. The molecule has 0 aliphatic carbocycles. The Morgan fingerprint density at radius 3 is 2.80 bits per heavy atom. The van der Waals surface area contributed by atoms with Gasteiger partial charge in [-0.1, -0.05) is 47.4 Å². The third-order valence-corrected chi connectivity index (χ3v) is 4.78. The van der Waals surface area contributed by atoms with Crippen molar-refractivity contribution in [1.29, 1.82) is 0 Å². The van der Waals surface area contributed by atoms with Gasteiger partial charge in [0, 0.05) is 6.54 Å². The molecule has 1 aromatic carbocycles. The van der Waals surface area contributed by atoms with Gasteiger partial charge >= 0.3 is 0 Å². The molecule has 0 radical (unpaired) electrons. The summed E-state index contributed by atoms with van der Waals surface area (Å²) in [6.07, 6.45) is 0.862. The molecule has 1 N–H and O–H groups in total. The lowest BCUT2D eigenvalue weighted by atomic mass is 10.1. The number of nitrogens with zero attached hydrogens (tertiary/aromatic N) is 2. The Bertz CT molecular complexity index is 583. The number of carbonyl (C=O) groups excluding carboxylic acids is 1. The van der Waals surface area contributed by atoms with Gasteiger partial charge in [0.05, 0.1) is 5.75 Å². The molecule has 0 atom stereocenters. The lowest BCUT2D eigenvalue weighted by molar-refractivity contribution is -0.118. The summed E-state index contributed by atoms with van der Waals surface area (Å²) in [5, 5.41) is 11.8. The molecule has 2 rings (SSSR count). The summed E-state index contributed by atoms with van der Waals surface area (Å²) in [6.45, 7) is 4.66. The second-order valence-corrected chi connectivity index (χ2v) is 6.81. The predicted octanol–water partition coefficient (Wildman–Crippen LogP) is 2.61. The van der Waals surface area contributed by atoms with Gasteiger partial charge in [-0.2, -0.15) is 0 Å². The first-order valence-corrected chi connectivity index (χ1v) is 8.19. The number of aryl methyl sites for hydroxylation is 2. The van der Waals surface area contributed by atoms with Crippen molar-refractivity contribution >= 4 is 29.0 Å². The summed E-state index contributed by atoms with van der Waals surface area (Å²) in [6, 6.07) is 8.24. The quantitative estimate of drug-likeness (QED) is 0.834. The van der Waals surface area contributed by atoms with Crippen molar-refractivity contribution in [3.8, 4) is 0 Å². The molecule has 0 saturated carbocycles. The zero-order valence-corrected chi connectivity index (χ0v) is 13.2. The van der Waals surface area contributed by atoms with E-state index in [4.69, 9.17) is 0 Å². The van der Waals surface area contributed by atoms with Crippen molar-refractivity contribution in [1.82, 2.24) is 15.5 Å². The van der Waals surface area contributed by atoms with Gasteiger partial charge in [-0.25, -0.2) is 0 Å². The van der Waals surface area contributed by atoms with Crippen LogP contribution in [0.25, 0.3) is 0 Å². The van der Waals surface area contributed by atoms with E-state index in [0.717, 1.165) is 15.8 Å². The van der Waals surface area contributed by atoms with E-state index in [1.54, 1.807) is 0 Å². The molecule has 0 bridgehead atoms. The van der Waals surface area contributed by atoms with E-state index in [1.165, 1.54) is 34.2 Å². The van der Waals surface area contributed by atoms with Crippen LogP contribution in [0, 0.1) is 13.8 Å². The average molecular weight is 307 g/mol. The highest BCUT2D eigenvalue weighted by molar-refractivity contribution is 8.01. The second kappa shape index (κ2) is 7.40. The van der Waals surface area contributed by atoms with Gasteiger partial charge in [-0.05, 0) is 31.4 Å². The number of thioether (sulfide) groups is 1. The highest BCUT2D eigenvalue weighted by Gasteiger charge is 2.06. The van der Waals surface area contributed by atoms with Crippen molar-refractivity contribution < 1.29 is 4.79 Å². The van der Waals surface area contributed by atoms with Crippen molar-refractivity contribution in [2.24, 2.45) is 0 Å². The minimum atomic E-state index is 0.0384. The first kappa shape index (κ1) is 15.0. The van der Waals surface area contributed by atoms with Gasteiger partial charge in [0.1, 0.15) is 5.01 Å². The Hall–Kier alpha value is -1.40. The topological polar surface area (TPSA) is 54.9 Å². The summed E-state index contributed by atoms with van der Waals surface area (Å²) in [7, 11) is 0. The molecule has 0 fully saturated rings. The van der Waals surface area contributed by atoms with Gasteiger partial charge in [-0.3, -0.25) is 4.79 Å². The van der Waals surface area contributed by atoms with Crippen molar-refractivity contribution in [3.05, 3.63) is 40.4 Å². The van der Waals surface area contributed by atoms with Crippen LogP contribution in [0.1, 0.15) is 16.1 Å². The molecule has 2 aromatic rings. The number of nitrogens with one attached hydrogen (secondary N) is 1. The summed E-state index contributed by atoms with van der Waals surface area (Å²) in [4.78, 5) is 11.7. The molecule has 4 nitrogen and oxygen atoms in total. The molecule has 20 heavy (non-hydrogen) atoms. The van der Waals surface area contributed by atoms with Gasteiger partial charge in [-0.15, -0.1) is 10.2 Å². The summed E-state index contributed by atoms with van der Waals surface area (Å²) in [5.74, 6) is 0.430. The number of carbonyl (C=O) groups is 1. The minimum Gasteiger partial charge on any atom is -0.355 e. The normalized spacial score (nSPS) is 10.5. The van der Waals surface area contributed by atoms with Gasteiger partial charge < -0.3 is 5.32 Å². The number of amides is 1. The van der Waals surface area contributed by atoms with Gasteiger partial charge in [0.2, 0.25) is 5.91 Å². The van der Waals surface area contributed by atoms with Crippen LogP contribution in [0.5, 0.6) is 0 Å². The van der Waals surface area contributed by atoms with Gasteiger partial charge in [0.25, 0.3) is 0 Å². The van der Waals surface area contributed by atoms with Gasteiger partial charge in [0.15, 0.2) is 4.34 Å². The third-order valence-electron chi connectivity index (χ3n) is 2.81. The molecule has 1 heterocycles. The van der Waals surface area contributed by atoms with Crippen molar-refractivity contribution in [3.63, 3.8) is 0 Å². The molecule has 0 spiro atoms. The first-order valence-electron chi connectivity index (χ1n) is 6.39. The molecule has 0 saturated heterocycles. The lowest BCUT2D eigenvalue weighted by Gasteiger charge is -2.06. The van der Waals surface area contributed by atoms with Crippen LogP contribution in [-0.4, -0.2) is 28.4 Å². The lowest BCUT2D eigenvalue weighted by Crippen LogP contribution is -2.27. The highest BCUT2D eigenvalue weighted by Crippen LogP contribution is 2.21. The largest absolute Gasteiger partial charge is 0.355 e. The number of hydrogen-bond acceptors (Lipinski definition) is 5. The smallest absolute Gasteiger partial charge is 0.230 e. The van der Waals surface area contributed by atoms with E-state index >= 15 is 0 Å². The zero-order chi connectivity index (χ0) is 14.4. The molecule has 0 aliphatic heterocycles. The fraction of sp³-hybridized carbons (Fsp3) is 0.357. The predicted molar refractivity (Wildman–Crippen MR) is 83.3 cm³/mol. The summed E-state index contributed by atoms with van der Waals surface area (Å²) in [5.41, 5.74) is 2.54. The van der Waals surface area contributed by atoms with Crippen LogP contribution in [0.15, 0.2) is 28.6 Å². The van der Waals surface area contributed by atoms with E-state index in [-0.39, 0.29) is 5.91 Å². The van der Waals surface area contributed by atoms with Crippen LogP contribution in [0.4, 0.5) is 0 Å². The van der Waals surface area contributed by atoms with E-state index < -0.39 is 0 Å². The first-order chi connectivity index (χ1) is 9.65. The molecular formula is C14H17N3OS2. The van der Waals surface area contributed by atoms with Crippen LogP contribution in [0.2, 0.25) is 0 Å². The van der Waals surface area contributed by atoms with E-state index in [1.807, 2.05) is 19.1 Å². The Balaban J connectivity index is 1.69. The van der Waals surface area contributed by atoms with E-state index in [2.05, 4.69) is 34.6 Å². The SMILES string of the molecule is Cc1nnc(SCC(=O)NCCc2ccccc2C)s1. The number of rotatable bonds is 6. The number of aromatic nitrogens is 2. The van der Waals surface area contributed by atoms with Crippen LogP contribution >= 0.6 is 23.1 Å². The molecule has 1 aromatic heterocycles. The van der Waals surface area contributed by atoms with Crippen LogP contribution in [0.3, 0.4) is 0 Å². The Morgan fingerprint density at radius 2 is 2.10 bits per heavy atom. The molecular weight excluding hydrogens is 290 g/mol. The number of hydrogen-bond donors (Lipinski definition) is 1. The Morgan fingerprint density at radius 1 is 1.30 bits per heavy atom. The standard InChI is InChI=1S/C14H17N3OS2/c1-10-5-3-4-6-12(10)7-8-15-13(18)9-19-14-17-16-11(2)20-14/h3-6H,7-9H2,1-2H3,(H,15,18). The maximum atomic E-state index is 11.7. The molecule has 6 heteroatoms. The van der Waals surface area contributed by atoms with E-state index in [0.29, 0.717) is 12.3 Å². The third kappa shape index (κ3) is 4.61. The maximum Gasteiger partial charge on any atom is 0.230 e. The summed E-state index contributed by atoms with van der Waals surface area (Å²) >= 11 is 2.94. The Labute approximate surface area is 127 Å². The summed E-state index contributed by atoms with van der Waals surface area (Å²) < 4.78 is 0.844. The fourth-order valence-electron chi connectivity index (χ4n) is 1.74. The minimum absolute atomic E-state index is 0.0384.